The van der Waals surface area contributed by atoms with Crippen LogP contribution in [0.25, 0.3) is 10.1 Å². The van der Waals surface area contributed by atoms with Gasteiger partial charge in [-0.2, -0.15) is 4.37 Å². The summed E-state index contributed by atoms with van der Waals surface area (Å²) in [6.07, 6.45) is 0.936. The molecule has 1 aliphatic heterocycles. The molecule has 6 nitrogen and oxygen atoms in total. The molecule has 1 N–H and O–H groups in total. The van der Waals surface area contributed by atoms with E-state index in [0.29, 0.717) is 5.69 Å². The molecule has 4 aromatic rings. The summed E-state index contributed by atoms with van der Waals surface area (Å²) in [5, 5.41) is 1.25. The standard InChI is InChI=1S/C27H30N4O2S2/c1-20-6-5-7-23(18-20)35(32,33)29-25-11-10-22(19-21(25)2)12-13-30-14-16-31(17-15-30)27-24-8-3-4-9-26(24)34-28-27/h3-11,18-19,29H,12-17H2,1-2H3. The number of piperazine rings is 1. The molecule has 1 aliphatic rings. The number of fused-ring (bicyclic) bond motifs is 1. The third-order valence-electron chi connectivity index (χ3n) is 6.58. The number of hydrogen-bond acceptors (Lipinski definition) is 6. The number of nitrogens with zero attached hydrogens (tertiary/aromatic N) is 3. The predicted octanol–water partition coefficient (Wildman–Crippen LogP) is 5.08. The number of hydrogen-bond donors (Lipinski definition) is 1. The van der Waals surface area contributed by atoms with Crippen molar-refractivity contribution in [2.45, 2.75) is 25.2 Å². The summed E-state index contributed by atoms with van der Waals surface area (Å²) in [6, 6.07) is 21.4. The van der Waals surface area contributed by atoms with Gasteiger partial charge in [0.05, 0.1) is 15.3 Å². The Bertz CT molecular complexity index is 1440. The van der Waals surface area contributed by atoms with Crippen LogP contribution in [0.5, 0.6) is 0 Å². The lowest BCUT2D eigenvalue weighted by Gasteiger charge is -2.35. The van der Waals surface area contributed by atoms with Gasteiger partial charge in [-0.15, -0.1) is 0 Å². The van der Waals surface area contributed by atoms with Crippen LogP contribution in [-0.2, 0) is 16.4 Å². The molecule has 35 heavy (non-hydrogen) atoms. The fourth-order valence-corrected chi connectivity index (χ4v) is 6.58. The Morgan fingerprint density at radius 3 is 2.51 bits per heavy atom. The molecule has 0 bridgehead atoms. The molecule has 182 valence electrons. The first-order valence-electron chi connectivity index (χ1n) is 11.9. The SMILES string of the molecule is Cc1cccc(S(=O)(=O)Nc2ccc(CCN3CCN(c4nsc5ccccc45)CC3)cc2C)c1. The van der Waals surface area contributed by atoms with Crippen molar-refractivity contribution < 1.29 is 8.42 Å². The molecule has 8 heteroatoms. The maximum Gasteiger partial charge on any atom is 0.261 e. The van der Waals surface area contributed by atoms with Crippen LogP contribution in [0.4, 0.5) is 11.5 Å². The van der Waals surface area contributed by atoms with Crippen LogP contribution < -0.4 is 9.62 Å². The lowest BCUT2D eigenvalue weighted by Crippen LogP contribution is -2.47. The normalized spacial score (nSPS) is 15.0. The smallest absolute Gasteiger partial charge is 0.261 e. The van der Waals surface area contributed by atoms with Crippen LogP contribution in [0.2, 0.25) is 0 Å². The summed E-state index contributed by atoms with van der Waals surface area (Å²) in [6.45, 7) is 8.81. The van der Waals surface area contributed by atoms with Gasteiger partial charge in [-0.25, -0.2) is 8.42 Å². The second-order valence-electron chi connectivity index (χ2n) is 9.15. The third kappa shape index (κ3) is 5.34. The molecular weight excluding hydrogens is 476 g/mol. The maximum atomic E-state index is 12.8. The summed E-state index contributed by atoms with van der Waals surface area (Å²) in [4.78, 5) is 5.18. The van der Waals surface area contributed by atoms with Crippen molar-refractivity contribution >= 4 is 43.1 Å². The molecule has 2 heterocycles. The van der Waals surface area contributed by atoms with Gasteiger partial charge in [0, 0.05) is 38.1 Å². The Hall–Kier alpha value is -2.94. The van der Waals surface area contributed by atoms with Gasteiger partial charge < -0.3 is 4.90 Å². The van der Waals surface area contributed by atoms with Crippen molar-refractivity contribution in [3.8, 4) is 0 Å². The van der Waals surface area contributed by atoms with Gasteiger partial charge in [0.25, 0.3) is 10.0 Å². The summed E-state index contributed by atoms with van der Waals surface area (Å²) >= 11 is 1.57. The summed E-state index contributed by atoms with van der Waals surface area (Å²) < 4.78 is 34.3. The van der Waals surface area contributed by atoms with E-state index in [4.69, 9.17) is 4.37 Å². The number of sulfonamides is 1. The molecular formula is C27H30N4O2S2. The van der Waals surface area contributed by atoms with Gasteiger partial charge in [0.2, 0.25) is 0 Å². The first-order chi connectivity index (χ1) is 16.9. The maximum absolute atomic E-state index is 12.8. The van der Waals surface area contributed by atoms with Crippen molar-refractivity contribution in [3.63, 3.8) is 0 Å². The largest absolute Gasteiger partial charge is 0.353 e. The van der Waals surface area contributed by atoms with E-state index in [0.717, 1.165) is 56.1 Å². The average molecular weight is 507 g/mol. The Balaban J connectivity index is 1.16. The fraction of sp³-hybridized carbons (Fsp3) is 0.296. The van der Waals surface area contributed by atoms with Gasteiger partial charge in [0.1, 0.15) is 5.82 Å². The second-order valence-corrected chi connectivity index (χ2v) is 11.6. The minimum atomic E-state index is -3.61. The van der Waals surface area contributed by atoms with E-state index in [1.54, 1.807) is 29.7 Å². The molecule has 0 spiro atoms. The minimum absolute atomic E-state index is 0.283. The van der Waals surface area contributed by atoms with Gasteiger partial charge in [0.15, 0.2) is 0 Å². The van der Waals surface area contributed by atoms with E-state index in [9.17, 15) is 8.42 Å². The molecule has 0 saturated carbocycles. The Kier molecular flexibility index (Phi) is 6.77. The van der Waals surface area contributed by atoms with Crippen LogP contribution in [0.15, 0.2) is 71.6 Å². The Morgan fingerprint density at radius 2 is 1.74 bits per heavy atom. The zero-order chi connectivity index (χ0) is 24.4. The number of nitrogens with one attached hydrogen (secondary N) is 1. The number of benzene rings is 3. The van der Waals surface area contributed by atoms with E-state index in [2.05, 4.69) is 44.9 Å². The fourth-order valence-electron chi connectivity index (χ4n) is 4.55. The first kappa shape index (κ1) is 23.8. The highest BCUT2D eigenvalue weighted by molar-refractivity contribution is 7.92. The van der Waals surface area contributed by atoms with Crippen LogP contribution in [-0.4, -0.2) is 50.4 Å². The molecule has 0 aliphatic carbocycles. The lowest BCUT2D eigenvalue weighted by atomic mass is 10.1. The van der Waals surface area contributed by atoms with Gasteiger partial charge >= 0.3 is 0 Å². The highest BCUT2D eigenvalue weighted by atomic mass is 32.2. The number of anilines is 2. The van der Waals surface area contributed by atoms with E-state index in [1.165, 1.54) is 15.6 Å². The molecule has 5 rings (SSSR count). The first-order valence-corrected chi connectivity index (χ1v) is 14.2. The van der Waals surface area contributed by atoms with Crippen LogP contribution >= 0.6 is 11.5 Å². The third-order valence-corrected chi connectivity index (χ3v) is 8.76. The summed E-state index contributed by atoms with van der Waals surface area (Å²) in [5.41, 5.74) is 3.69. The monoisotopic (exact) mass is 506 g/mol. The highest BCUT2D eigenvalue weighted by Gasteiger charge is 2.21. The Labute approximate surface area is 211 Å². The molecule has 3 aromatic carbocycles. The summed E-state index contributed by atoms with van der Waals surface area (Å²) in [5.74, 6) is 1.12. The molecule has 0 amide bonds. The lowest BCUT2D eigenvalue weighted by molar-refractivity contribution is 0.261. The summed E-state index contributed by atoms with van der Waals surface area (Å²) in [7, 11) is -3.61. The van der Waals surface area contributed by atoms with E-state index < -0.39 is 10.0 Å². The van der Waals surface area contributed by atoms with Crippen LogP contribution in [0.1, 0.15) is 16.7 Å². The van der Waals surface area contributed by atoms with E-state index >= 15 is 0 Å². The molecule has 1 aromatic heterocycles. The minimum Gasteiger partial charge on any atom is -0.353 e. The number of rotatable bonds is 7. The Morgan fingerprint density at radius 1 is 0.943 bits per heavy atom. The van der Waals surface area contributed by atoms with Gasteiger partial charge in [-0.3, -0.25) is 9.62 Å². The predicted molar refractivity (Wildman–Crippen MR) is 145 cm³/mol. The van der Waals surface area contributed by atoms with Crippen molar-refractivity contribution in [2.75, 3.05) is 42.3 Å². The van der Waals surface area contributed by atoms with Crippen LogP contribution in [0, 0.1) is 13.8 Å². The molecule has 0 atom stereocenters. The van der Waals surface area contributed by atoms with Crippen molar-refractivity contribution in [2.24, 2.45) is 0 Å². The van der Waals surface area contributed by atoms with E-state index in [-0.39, 0.29) is 4.90 Å². The van der Waals surface area contributed by atoms with Crippen molar-refractivity contribution in [1.29, 1.82) is 0 Å². The molecule has 1 saturated heterocycles. The van der Waals surface area contributed by atoms with E-state index in [1.807, 2.05) is 32.0 Å². The zero-order valence-electron chi connectivity index (χ0n) is 20.1. The van der Waals surface area contributed by atoms with Gasteiger partial charge in [-0.1, -0.05) is 36.4 Å². The molecule has 0 unspecified atom stereocenters. The number of aromatic nitrogens is 1. The number of aryl methyl sites for hydroxylation is 2. The highest BCUT2D eigenvalue weighted by Crippen LogP contribution is 2.30. The topological polar surface area (TPSA) is 65.5 Å². The molecule has 0 radical (unpaired) electrons. The second kappa shape index (κ2) is 9.97. The van der Waals surface area contributed by atoms with Crippen molar-refractivity contribution in [1.82, 2.24) is 9.27 Å². The van der Waals surface area contributed by atoms with Crippen molar-refractivity contribution in [3.05, 3.63) is 83.4 Å². The molecule has 1 fully saturated rings. The van der Waals surface area contributed by atoms with Gasteiger partial charge in [-0.05, 0) is 78.8 Å². The zero-order valence-corrected chi connectivity index (χ0v) is 21.7. The van der Waals surface area contributed by atoms with Crippen LogP contribution in [0.3, 0.4) is 0 Å². The quantitative estimate of drug-likeness (QED) is 0.379. The average Bonchev–Trinajstić information content (AvgIpc) is 3.29.